The second-order valence-electron chi connectivity index (χ2n) is 5.57. The first-order valence-corrected chi connectivity index (χ1v) is 8.36. The van der Waals surface area contributed by atoms with Crippen molar-refractivity contribution in [2.24, 2.45) is 0 Å². The molecule has 0 aliphatic heterocycles. The molecule has 0 saturated carbocycles. The third-order valence-electron chi connectivity index (χ3n) is 3.81. The summed E-state index contributed by atoms with van der Waals surface area (Å²) in [5.41, 5.74) is 1.93. The molecule has 2 aromatic rings. The number of methoxy groups -OCH3 is 2. The minimum atomic E-state index is -0.197. The van der Waals surface area contributed by atoms with Gasteiger partial charge in [0.1, 0.15) is 0 Å². The molecule has 0 spiro atoms. The number of carbonyl (C=O) groups is 2. The molecule has 6 nitrogen and oxygen atoms in total. The van der Waals surface area contributed by atoms with Gasteiger partial charge >= 0.3 is 0 Å². The molecule has 0 saturated heterocycles. The predicted octanol–water partition coefficient (Wildman–Crippen LogP) is 1.77. The fourth-order valence-corrected chi connectivity index (χ4v) is 2.45. The van der Waals surface area contributed by atoms with Crippen molar-refractivity contribution >= 4 is 11.8 Å². The maximum Gasteiger partial charge on any atom is 0.252 e. The van der Waals surface area contributed by atoms with Gasteiger partial charge in [-0.3, -0.25) is 9.59 Å². The average molecular weight is 366 g/mol. The minimum Gasteiger partial charge on any atom is -0.493 e. The van der Waals surface area contributed by atoms with Gasteiger partial charge in [0.25, 0.3) is 5.91 Å². The Morgan fingerprint density at radius 3 is 2.48 bits per heavy atom. The Morgan fingerprint density at radius 2 is 1.78 bits per heavy atom. The lowest BCUT2D eigenvalue weighted by molar-refractivity contribution is -0.120. The highest BCUT2D eigenvalue weighted by Crippen LogP contribution is 2.27. The van der Waals surface area contributed by atoms with Crippen molar-refractivity contribution in [3.05, 3.63) is 59.2 Å². The topological polar surface area (TPSA) is 76.7 Å². The van der Waals surface area contributed by atoms with Crippen LogP contribution in [-0.4, -0.2) is 39.6 Å². The van der Waals surface area contributed by atoms with Gasteiger partial charge < -0.3 is 20.1 Å². The number of nitrogens with one attached hydrogen (secondary N) is 2. The molecule has 6 heteroatoms. The molecule has 0 unspecified atom stereocenters. The van der Waals surface area contributed by atoms with E-state index in [0.29, 0.717) is 22.6 Å². The molecule has 2 N–H and O–H groups in total. The second kappa shape index (κ2) is 9.88. The van der Waals surface area contributed by atoms with Crippen LogP contribution < -0.4 is 20.1 Å². The summed E-state index contributed by atoms with van der Waals surface area (Å²) in [6.07, 6.45) is 0.205. The number of hydrogen-bond acceptors (Lipinski definition) is 4. The molecule has 0 aromatic heterocycles. The normalized spacial score (nSPS) is 9.59. The summed E-state index contributed by atoms with van der Waals surface area (Å²) in [5.74, 6) is 6.63. The zero-order valence-corrected chi connectivity index (χ0v) is 15.6. The van der Waals surface area contributed by atoms with Gasteiger partial charge in [-0.15, -0.1) is 0 Å². The Kier molecular flexibility index (Phi) is 7.26. The fraction of sp³-hybridized carbons (Fsp3) is 0.238. The van der Waals surface area contributed by atoms with Gasteiger partial charge in [-0.05, 0) is 29.8 Å². The van der Waals surface area contributed by atoms with Gasteiger partial charge in [0, 0.05) is 12.6 Å². The molecule has 27 heavy (non-hydrogen) atoms. The molecule has 2 aromatic carbocycles. The van der Waals surface area contributed by atoms with E-state index < -0.39 is 0 Å². The highest BCUT2D eigenvalue weighted by molar-refractivity contribution is 5.96. The third-order valence-corrected chi connectivity index (χ3v) is 3.81. The van der Waals surface area contributed by atoms with E-state index >= 15 is 0 Å². The number of amides is 2. The monoisotopic (exact) mass is 366 g/mol. The number of ether oxygens (including phenoxy) is 2. The van der Waals surface area contributed by atoms with Gasteiger partial charge in [0.05, 0.1) is 32.7 Å². The standard InChI is InChI=1S/C21H22N2O4/c1-22-21(25)17-9-5-4-7-16(17)8-6-12-23-20(24)14-15-10-11-18(26-2)19(13-15)27-3/h4-5,7,9-11,13H,12,14H2,1-3H3,(H,22,25)(H,23,24). The largest absolute Gasteiger partial charge is 0.493 e. The van der Waals surface area contributed by atoms with Gasteiger partial charge in [0.2, 0.25) is 5.91 Å². The number of rotatable bonds is 6. The zero-order valence-electron chi connectivity index (χ0n) is 15.6. The fourth-order valence-electron chi connectivity index (χ4n) is 2.45. The van der Waals surface area contributed by atoms with Crippen LogP contribution in [0.25, 0.3) is 0 Å². The lowest BCUT2D eigenvalue weighted by Crippen LogP contribution is -2.25. The molecule has 0 aliphatic carbocycles. The van der Waals surface area contributed by atoms with Crippen molar-refractivity contribution in [1.82, 2.24) is 10.6 Å². The molecule has 0 heterocycles. The summed E-state index contributed by atoms with van der Waals surface area (Å²) in [4.78, 5) is 23.9. The Morgan fingerprint density at radius 1 is 1.04 bits per heavy atom. The van der Waals surface area contributed by atoms with Gasteiger partial charge in [-0.2, -0.15) is 0 Å². The second-order valence-corrected chi connectivity index (χ2v) is 5.57. The molecule has 0 bridgehead atoms. The van der Waals surface area contributed by atoms with Crippen molar-refractivity contribution < 1.29 is 19.1 Å². The molecule has 0 radical (unpaired) electrons. The first-order valence-electron chi connectivity index (χ1n) is 8.36. The van der Waals surface area contributed by atoms with E-state index in [-0.39, 0.29) is 24.8 Å². The minimum absolute atomic E-state index is 0.156. The summed E-state index contributed by atoms with van der Waals surface area (Å²) in [6, 6.07) is 12.4. The summed E-state index contributed by atoms with van der Waals surface area (Å²) in [6.45, 7) is 0.189. The summed E-state index contributed by atoms with van der Waals surface area (Å²) < 4.78 is 10.4. The first kappa shape index (κ1) is 19.9. The van der Waals surface area contributed by atoms with Crippen molar-refractivity contribution in [3.63, 3.8) is 0 Å². The van der Waals surface area contributed by atoms with Crippen LogP contribution in [0.1, 0.15) is 21.5 Å². The number of hydrogen-bond donors (Lipinski definition) is 2. The van der Waals surface area contributed by atoms with Crippen molar-refractivity contribution in [2.45, 2.75) is 6.42 Å². The van der Waals surface area contributed by atoms with Crippen LogP contribution in [0.3, 0.4) is 0 Å². The Hall–Kier alpha value is -3.46. The van der Waals surface area contributed by atoms with E-state index in [0.717, 1.165) is 5.56 Å². The molecular weight excluding hydrogens is 344 g/mol. The zero-order chi connectivity index (χ0) is 19.6. The SMILES string of the molecule is CNC(=O)c1ccccc1C#CCNC(=O)Cc1ccc(OC)c(OC)c1. The highest BCUT2D eigenvalue weighted by Gasteiger charge is 2.08. The van der Waals surface area contributed by atoms with Crippen LogP contribution in [0, 0.1) is 11.8 Å². The maximum atomic E-state index is 12.1. The molecule has 2 rings (SSSR count). The third kappa shape index (κ3) is 5.51. The van der Waals surface area contributed by atoms with E-state index in [1.54, 1.807) is 51.6 Å². The summed E-state index contributed by atoms with van der Waals surface area (Å²) in [5, 5.41) is 5.32. The first-order chi connectivity index (χ1) is 13.1. The molecule has 0 aliphatic rings. The van der Waals surface area contributed by atoms with Crippen molar-refractivity contribution in [1.29, 1.82) is 0 Å². The maximum absolute atomic E-state index is 12.1. The highest BCUT2D eigenvalue weighted by atomic mass is 16.5. The Balaban J connectivity index is 1.95. The smallest absolute Gasteiger partial charge is 0.252 e. The average Bonchev–Trinajstić information content (AvgIpc) is 2.70. The van der Waals surface area contributed by atoms with Crippen LogP contribution in [0.2, 0.25) is 0 Å². The summed E-state index contributed by atoms with van der Waals surface area (Å²) >= 11 is 0. The Bertz CT molecular complexity index is 881. The van der Waals surface area contributed by atoms with E-state index in [1.807, 2.05) is 12.1 Å². The van der Waals surface area contributed by atoms with Crippen LogP contribution in [0.4, 0.5) is 0 Å². The van der Waals surface area contributed by atoms with E-state index in [9.17, 15) is 9.59 Å². The Labute approximate surface area is 158 Å². The number of carbonyl (C=O) groups excluding carboxylic acids is 2. The molecule has 2 amide bonds. The van der Waals surface area contributed by atoms with Gasteiger partial charge in [0.15, 0.2) is 11.5 Å². The lowest BCUT2D eigenvalue weighted by Gasteiger charge is -2.09. The molecule has 140 valence electrons. The predicted molar refractivity (Wildman–Crippen MR) is 103 cm³/mol. The van der Waals surface area contributed by atoms with E-state index in [2.05, 4.69) is 22.5 Å². The van der Waals surface area contributed by atoms with Crippen molar-refractivity contribution in [3.8, 4) is 23.3 Å². The van der Waals surface area contributed by atoms with E-state index in [1.165, 1.54) is 0 Å². The quantitative estimate of drug-likeness (QED) is 0.764. The van der Waals surface area contributed by atoms with Gasteiger partial charge in [-0.25, -0.2) is 0 Å². The van der Waals surface area contributed by atoms with Gasteiger partial charge in [-0.1, -0.05) is 30.0 Å². The van der Waals surface area contributed by atoms with Crippen LogP contribution >= 0.6 is 0 Å². The molecular formula is C21H22N2O4. The van der Waals surface area contributed by atoms with Crippen LogP contribution in [0.15, 0.2) is 42.5 Å². The molecule has 0 fully saturated rings. The summed E-state index contributed by atoms with van der Waals surface area (Å²) in [7, 11) is 4.68. The molecule has 0 atom stereocenters. The number of benzene rings is 2. The van der Waals surface area contributed by atoms with Crippen LogP contribution in [-0.2, 0) is 11.2 Å². The lowest BCUT2D eigenvalue weighted by atomic mass is 10.1. The van der Waals surface area contributed by atoms with Crippen molar-refractivity contribution in [2.75, 3.05) is 27.8 Å². The van der Waals surface area contributed by atoms with E-state index in [4.69, 9.17) is 9.47 Å². The van der Waals surface area contributed by atoms with Crippen LogP contribution in [0.5, 0.6) is 11.5 Å².